The van der Waals surface area contributed by atoms with Gasteiger partial charge in [-0.3, -0.25) is 4.79 Å². The number of aryl methyl sites for hydroxylation is 1. The van der Waals surface area contributed by atoms with Gasteiger partial charge in [0.05, 0.1) is 10.5 Å². The molecule has 0 spiro atoms. The molecule has 4 rings (SSSR count). The molecule has 0 bridgehead atoms. The van der Waals surface area contributed by atoms with Crippen molar-refractivity contribution in [1.29, 1.82) is 0 Å². The Morgan fingerprint density at radius 2 is 1.82 bits per heavy atom. The number of ether oxygens (including phenoxy) is 1. The van der Waals surface area contributed by atoms with Gasteiger partial charge in [-0.25, -0.2) is 17.7 Å². The quantitative estimate of drug-likeness (QED) is 0.529. The molecule has 34 heavy (non-hydrogen) atoms. The summed E-state index contributed by atoms with van der Waals surface area (Å²) < 4.78 is 34.1. The van der Waals surface area contributed by atoms with Gasteiger partial charge in [0.25, 0.3) is 5.91 Å². The van der Waals surface area contributed by atoms with Crippen LogP contribution < -0.4 is 15.0 Å². The van der Waals surface area contributed by atoms with Gasteiger partial charge < -0.3 is 19.5 Å². The first-order valence-corrected chi connectivity index (χ1v) is 12.5. The van der Waals surface area contributed by atoms with Crippen molar-refractivity contribution in [3.05, 3.63) is 66.2 Å². The lowest BCUT2D eigenvalue weighted by molar-refractivity contribution is 0.102. The van der Waals surface area contributed by atoms with E-state index in [1.807, 2.05) is 17.8 Å². The number of imidazole rings is 1. The van der Waals surface area contributed by atoms with Crippen molar-refractivity contribution in [3.63, 3.8) is 0 Å². The third-order valence-corrected chi connectivity index (χ3v) is 7.65. The van der Waals surface area contributed by atoms with Crippen molar-refractivity contribution in [1.82, 2.24) is 13.9 Å². The lowest BCUT2D eigenvalue weighted by Gasteiger charge is -2.22. The fourth-order valence-electron chi connectivity index (χ4n) is 3.82. The number of carbonyl (C=O) groups is 1. The molecule has 0 radical (unpaired) electrons. The van der Waals surface area contributed by atoms with Crippen LogP contribution in [0, 0.1) is 0 Å². The topological polar surface area (TPSA) is 96.8 Å². The molecular formula is C24H29N5O4S. The molecule has 0 atom stereocenters. The average Bonchev–Trinajstić information content (AvgIpc) is 3.50. The second-order valence-electron chi connectivity index (χ2n) is 8.38. The van der Waals surface area contributed by atoms with Gasteiger partial charge >= 0.3 is 0 Å². The minimum absolute atomic E-state index is 0.0867. The normalized spacial score (nSPS) is 13.9. The van der Waals surface area contributed by atoms with E-state index in [0.717, 1.165) is 41.7 Å². The van der Waals surface area contributed by atoms with Gasteiger partial charge in [-0.15, -0.1) is 0 Å². The highest BCUT2D eigenvalue weighted by Gasteiger charge is 2.24. The van der Waals surface area contributed by atoms with Gasteiger partial charge in [0.1, 0.15) is 18.2 Å². The van der Waals surface area contributed by atoms with Crippen LogP contribution in [0.1, 0.15) is 29.0 Å². The van der Waals surface area contributed by atoms with Crippen LogP contribution in [-0.2, 0) is 23.7 Å². The Balaban J connectivity index is 1.53. The molecule has 1 saturated heterocycles. The highest BCUT2D eigenvalue weighted by atomic mass is 32.2. The summed E-state index contributed by atoms with van der Waals surface area (Å²) in [5.41, 5.74) is 1.66. The Morgan fingerprint density at radius 1 is 1.12 bits per heavy atom. The number of nitrogens with one attached hydrogen (secondary N) is 1. The zero-order valence-corrected chi connectivity index (χ0v) is 20.4. The number of hydrogen-bond acceptors (Lipinski definition) is 6. The van der Waals surface area contributed by atoms with Crippen LogP contribution in [0.4, 0.5) is 11.4 Å². The van der Waals surface area contributed by atoms with E-state index >= 15 is 0 Å². The Labute approximate surface area is 200 Å². The van der Waals surface area contributed by atoms with Crippen LogP contribution in [0.25, 0.3) is 0 Å². The van der Waals surface area contributed by atoms with Gasteiger partial charge in [0.2, 0.25) is 10.0 Å². The summed E-state index contributed by atoms with van der Waals surface area (Å²) in [6, 6.07) is 11.8. The first kappa shape index (κ1) is 23.8. The number of sulfonamides is 1. The van der Waals surface area contributed by atoms with Crippen LogP contribution >= 0.6 is 0 Å². The fourth-order valence-corrected chi connectivity index (χ4v) is 4.75. The zero-order valence-electron chi connectivity index (χ0n) is 19.6. The van der Waals surface area contributed by atoms with Crippen molar-refractivity contribution in [3.8, 4) is 5.75 Å². The molecule has 1 amide bonds. The Bertz CT molecular complexity index is 1260. The van der Waals surface area contributed by atoms with E-state index in [4.69, 9.17) is 4.74 Å². The summed E-state index contributed by atoms with van der Waals surface area (Å²) in [5.74, 6) is 1.09. The van der Waals surface area contributed by atoms with Gasteiger partial charge in [0, 0.05) is 58.0 Å². The van der Waals surface area contributed by atoms with Crippen LogP contribution in [0.5, 0.6) is 5.75 Å². The van der Waals surface area contributed by atoms with Crippen molar-refractivity contribution < 1.29 is 17.9 Å². The number of amides is 1. The first-order valence-electron chi connectivity index (χ1n) is 11.1. The summed E-state index contributed by atoms with van der Waals surface area (Å²) in [4.78, 5) is 19.7. The molecule has 10 heteroatoms. The number of rotatable bonds is 8. The molecular weight excluding hydrogens is 454 g/mol. The predicted octanol–water partition coefficient (Wildman–Crippen LogP) is 3.10. The molecule has 180 valence electrons. The van der Waals surface area contributed by atoms with Crippen LogP contribution in [0.3, 0.4) is 0 Å². The lowest BCUT2D eigenvalue weighted by Crippen LogP contribution is -2.25. The maximum absolute atomic E-state index is 13.3. The largest absolute Gasteiger partial charge is 0.486 e. The van der Waals surface area contributed by atoms with Crippen molar-refractivity contribution in [2.45, 2.75) is 24.3 Å². The number of aromatic nitrogens is 2. The average molecular weight is 484 g/mol. The number of anilines is 2. The molecule has 0 saturated carbocycles. The molecule has 1 aliphatic rings. The highest BCUT2D eigenvalue weighted by Crippen LogP contribution is 2.29. The summed E-state index contributed by atoms with van der Waals surface area (Å²) in [7, 11) is 1.18. The van der Waals surface area contributed by atoms with Crippen LogP contribution in [0.15, 0.2) is 59.8 Å². The molecule has 0 aliphatic carbocycles. The van der Waals surface area contributed by atoms with Gasteiger partial charge in [-0.2, -0.15) is 0 Å². The summed E-state index contributed by atoms with van der Waals surface area (Å²) >= 11 is 0. The molecule has 2 aromatic carbocycles. The van der Waals surface area contributed by atoms with E-state index in [2.05, 4.69) is 15.2 Å². The minimum atomic E-state index is -3.67. The van der Waals surface area contributed by atoms with Crippen LogP contribution in [-0.4, -0.2) is 55.4 Å². The summed E-state index contributed by atoms with van der Waals surface area (Å²) in [6.45, 7) is 2.01. The maximum atomic E-state index is 13.3. The second kappa shape index (κ2) is 9.86. The molecule has 1 aliphatic heterocycles. The molecule has 1 fully saturated rings. The van der Waals surface area contributed by atoms with Crippen molar-refractivity contribution in [2.75, 3.05) is 37.4 Å². The number of nitrogens with zero attached hydrogens (tertiary/aromatic N) is 4. The lowest BCUT2D eigenvalue weighted by atomic mass is 10.1. The molecule has 0 unspecified atom stereocenters. The highest BCUT2D eigenvalue weighted by molar-refractivity contribution is 7.89. The van der Waals surface area contributed by atoms with E-state index in [1.165, 1.54) is 20.2 Å². The van der Waals surface area contributed by atoms with E-state index in [-0.39, 0.29) is 10.8 Å². The predicted molar refractivity (Wildman–Crippen MR) is 131 cm³/mol. The summed E-state index contributed by atoms with van der Waals surface area (Å²) in [5, 5.41) is 2.89. The third kappa shape index (κ3) is 5.07. The maximum Gasteiger partial charge on any atom is 0.257 e. The SMILES string of the molecule is CN(C)S(=O)(=O)c1ccc(N2CCCC2)c(C(=O)Nc2ccc(OCc3nccn3C)cc2)c1. The van der Waals surface area contributed by atoms with Gasteiger partial charge in [-0.1, -0.05) is 0 Å². The molecule has 9 nitrogen and oxygen atoms in total. The standard InChI is InChI=1S/C24H29N5O4S/c1-27(2)34(31,32)20-10-11-22(29-13-4-5-14-29)21(16-20)24(30)26-18-6-8-19(9-7-18)33-17-23-25-12-15-28(23)3/h6-12,15-16H,4-5,13-14,17H2,1-3H3,(H,26,30). The minimum Gasteiger partial charge on any atom is -0.486 e. The van der Waals surface area contributed by atoms with Gasteiger partial charge in [0.15, 0.2) is 0 Å². The Hall–Kier alpha value is -3.37. The van der Waals surface area contributed by atoms with Crippen molar-refractivity contribution >= 4 is 27.3 Å². The van der Waals surface area contributed by atoms with E-state index in [9.17, 15) is 13.2 Å². The molecule has 1 aromatic heterocycles. The number of hydrogen-bond donors (Lipinski definition) is 1. The number of benzene rings is 2. The van der Waals surface area contributed by atoms with E-state index in [1.54, 1.807) is 42.6 Å². The third-order valence-electron chi connectivity index (χ3n) is 5.84. The molecule has 3 aromatic rings. The van der Waals surface area contributed by atoms with E-state index in [0.29, 0.717) is 23.6 Å². The molecule has 2 heterocycles. The van der Waals surface area contributed by atoms with E-state index < -0.39 is 10.0 Å². The van der Waals surface area contributed by atoms with Gasteiger partial charge in [-0.05, 0) is 55.3 Å². The Kier molecular flexibility index (Phi) is 6.90. The second-order valence-corrected chi connectivity index (χ2v) is 10.5. The zero-order chi connectivity index (χ0) is 24.3. The molecule has 1 N–H and O–H groups in total. The number of carbonyl (C=O) groups excluding carboxylic acids is 1. The smallest absolute Gasteiger partial charge is 0.257 e. The van der Waals surface area contributed by atoms with Crippen LogP contribution in [0.2, 0.25) is 0 Å². The monoisotopic (exact) mass is 483 g/mol. The summed E-state index contributed by atoms with van der Waals surface area (Å²) in [6.07, 6.45) is 5.65. The first-order chi connectivity index (χ1) is 16.3. The van der Waals surface area contributed by atoms with Crippen molar-refractivity contribution in [2.24, 2.45) is 7.05 Å². The Morgan fingerprint density at radius 3 is 2.44 bits per heavy atom. The fraction of sp³-hybridized carbons (Fsp3) is 0.333.